The highest BCUT2D eigenvalue weighted by Gasteiger charge is 2.27. The number of amides is 1. The van der Waals surface area contributed by atoms with Gasteiger partial charge in [0.25, 0.3) is 5.91 Å². The molecular weight excluding hydrogens is 406 g/mol. The maximum absolute atomic E-state index is 12.2. The van der Waals surface area contributed by atoms with Crippen LogP contribution < -0.4 is 10.1 Å². The second kappa shape index (κ2) is 8.20. The molecule has 2 heterocycles. The van der Waals surface area contributed by atoms with E-state index in [2.05, 4.69) is 15.5 Å². The molecule has 1 amide bonds. The molecule has 1 aliphatic heterocycles. The molecule has 0 spiro atoms. The van der Waals surface area contributed by atoms with E-state index in [4.69, 9.17) is 21.1 Å². The van der Waals surface area contributed by atoms with E-state index in [1.54, 1.807) is 24.3 Å². The van der Waals surface area contributed by atoms with Crippen LogP contribution in [0, 0.1) is 6.92 Å². The highest BCUT2D eigenvalue weighted by Crippen LogP contribution is 2.39. The number of carbonyl (C=O) groups is 2. The van der Waals surface area contributed by atoms with Gasteiger partial charge in [-0.25, -0.2) is 4.79 Å². The number of fused-ring (bicyclic) bond motifs is 1. The average Bonchev–Trinajstić information content (AvgIpc) is 3.37. The van der Waals surface area contributed by atoms with Crippen LogP contribution in [-0.2, 0) is 11.2 Å². The van der Waals surface area contributed by atoms with Crippen molar-refractivity contribution in [3.05, 3.63) is 70.0 Å². The van der Waals surface area contributed by atoms with E-state index in [9.17, 15) is 9.59 Å². The van der Waals surface area contributed by atoms with Gasteiger partial charge in [0.15, 0.2) is 0 Å². The van der Waals surface area contributed by atoms with Crippen molar-refractivity contribution < 1.29 is 19.1 Å². The molecular formula is C22H20ClN3O4. The van der Waals surface area contributed by atoms with Crippen LogP contribution in [0.5, 0.6) is 5.75 Å². The normalized spacial score (nSPS) is 14.7. The van der Waals surface area contributed by atoms with E-state index in [0.29, 0.717) is 35.0 Å². The average molecular weight is 426 g/mol. The lowest BCUT2D eigenvalue weighted by Gasteiger charge is -2.12. The predicted molar refractivity (Wildman–Crippen MR) is 112 cm³/mol. The molecule has 0 fully saturated rings. The van der Waals surface area contributed by atoms with Crippen LogP contribution >= 0.6 is 11.6 Å². The highest BCUT2D eigenvalue weighted by molar-refractivity contribution is 6.32. The fourth-order valence-corrected chi connectivity index (χ4v) is 3.73. The molecule has 0 aliphatic carbocycles. The van der Waals surface area contributed by atoms with Crippen molar-refractivity contribution in [2.45, 2.75) is 19.4 Å². The van der Waals surface area contributed by atoms with Gasteiger partial charge in [0.1, 0.15) is 17.5 Å². The van der Waals surface area contributed by atoms with Crippen molar-refractivity contribution in [3.8, 4) is 16.9 Å². The van der Waals surface area contributed by atoms with E-state index in [1.165, 1.54) is 7.11 Å². The number of esters is 1. The zero-order chi connectivity index (χ0) is 21.3. The van der Waals surface area contributed by atoms with Crippen LogP contribution in [0.4, 0.5) is 0 Å². The summed E-state index contributed by atoms with van der Waals surface area (Å²) >= 11 is 6.46. The second-order valence-electron chi connectivity index (χ2n) is 7.11. The molecule has 8 heteroatoms. The zero-order valence-corrected chi connectivity index (χ0v) is 17.2. The van der Waals surface area contributed by atoms with Crippen LogP contribution in [0.2, 0.25) is 5.02 Å². The maximum atomic E-state index is 12.2. The van der Waals surface area contributed by atoms with E-state index >= 15 is 0 Å². The number of carbonyl (C=O) groups excluding carboxylic acids is 2. The topological polar surface area (TPSA) is 93.3 Å². The first-order valence-electron chi connectivity index (χ1n) is 9.42. The Kier molecular flexibility index (Phi) is 5.46. The van der Waals surface area contributed by atoms with Gasteiger partial charge in [-0.2, -0.15) is 5.10 Å². The zero-order valence-electron chi connectivity index (χ0n) is 16.5. The van der Waals surface area contributed by atoms with Crippen LogP contribution in [0.25, 0.3) is 11.1 Å². The number of hydrogen-bond donors (Lipinski definition) is 2. The summed E-state index contributed by atoms with van der Waals surface area (Å²) in [4.78, 5) is 24.0. The number of aromatic nitrogens is 2. The first kappa shape index (κ1) is 20.0. The number of H-pyrrole nitrogens is 1. The van der Waals surface area contributed by atoms with Crippen molar-refractivity contribution in [2.75, 3.05) is 13.7 Å². The van der Waals surface area contributed by atoms with Crippen molar-refractivity contribution >= 4 is 23.5 Å². The van der Waals surface area contributed by atoms with E-state index in [0.717, 1.165) is 22.4 Å². The SMILES string of the molecule is COC(=O)c1cccc(-c2cc(Cl)c3c(c2)CC(CNC(=O)c2cc(C)[nH]n2)O3)c1. The van der Waals surface area contributed by atoms with Gasteiger partial charge < -0.3 is 14.8 Å². The Morgan fingerprint density at radius 2 is 2.10 bits per heavy atom. The number of halogens is 1. The summed E-state index contributed by atoms with van der Waals surface area (Å²) in [6, 6.07) is 12.7. The number of nitrogens with zero attached hydrogens (tertiary/aromatic N) is 1. The minimum Gasteiger partial charge on any atom is -0.486 e. The number of methoxy groups -OCH3 is 1. The molecule has 154 valence electrons. The summed E-state index contributed by atoms with van der Waals surface area (Å²) < 4.78 is 10.7. The molecule has 0 saturated heterocycles. The molecule has 30 heavy (non-hydrogen) atoms. The number of hydrogen-bond acceptors (Lipinski definition) is 5. The number of benzene rings is 2. The van der Waals surface area contributed by atoms with Gasteiger partial charge in [0, 0.05) is 17.7 Å². The summed E-state index contributed by atoms with van der Waals surface area (Å²) in [5.74, 6) is -0.0277. The monoisotopic (exact) mass is 425 g/mol. The summed E-state index contributed by atoms with van der Waals surface area (Å²) in [5.41, 5.74) is 4.32. The Balaban J connectivity index is 1.48. The highest BCUT2D eigenvalue weighted by atomic mass is 35.5. The third-order valence-electron chi connectivity index (χ3n) is 4.90. The number of ether oxygens (including phenoxy) is 2. The fraction of sp³-hybridized carbons (Fsp3) is 0.227. The standard InChI is InChI=1S/C22H20ClN3O4/c1-12-6-19(26-25-12)21(27)24-11-17-9-16-8-15(10-18(23)20(16)30-17)13-4-3-5-14(7-13)22(28)29-2/h3-8,10,17H,9,11H2,1-2H3,(H,24,27)(H,25,26). The van der Waals surface area contributed by atoms with Crippen LogP contribution in [0.15, 0.2) is 42.5 Å². The number of aryl methyl sites for hydroxylation is 1. The molecule has 4 rings (SSSR count). The van der Waals surface area contributed by atoms with E-state index < -0.39 is 5.97 Å². The lowest BCUT2D eigenvalue weighted by molar-refractivity contribution is 0.0600. The van der Waals surface area contributed by atoms with Crippen LogP contribution in [0.1, 0.15) is 32.1 Å². The van der Waals surface area contributed by atoms with Crippen molar-refractivity contribution in [1.29, 1.82) is 0 Å². The first-order valence-corrected chi connectivity index (χ1v) is 9.80. The molecule has 0 bridgehead atoms. The van der Waals surface area contributed by atoms with Gasteiger partial charge in [-0.15, -0.1) is 0 Å². The largest absolute Gasteiger partial charge is 0.486 e. The molecule has 2 aromatic carbocycles. The van der Waals surface area contributed by atoms with Crippen molar-refractivity contribution in [2.24, 2.45) is 0 Å². The van der Waals surface area contributed by atoms with E-state index in [-0.39, 0.29) is 12.0 Å². The molecule has 1 atom stereocenters. The Labute approximate surface area is 178 Å². The molecule has 0 radical (unpaired) electrons. The van der Waals surface area contributed by atoms with Crippen LogP contribution in [0.3, 0.4) is 0 Å². The second-order valence-corrected chi connectivity index (χ2v) is 7.52. The van der Waals surface area contributed by atoms with Gasteiger partial charge >= 0.3 is 5.97 Å². The third kappa shape index (κ3) is 4.02. The molecule has 7 nitrogen and oxygen atoms in total. The Morgan fingerprint density at radius 3 is 2.83 bits per heavy atom. The number of aromatic amines is 1. The molecule has 1 aromatic heterocycles. The molecule has 0 saturated carbocycles. The molecule has 2 N–H and O–H groups in total. The van der Waals surface area contributed by atoms with Gasteiger partial charge in [-0.3, -0.25) is 9.89 Å². The minimum atomic E-state index is -0.393. The van der Waals surface area contributed by atoms with Crippen LogP contribution in [-0.4, -0.2) is 41.8 Å². The number of nitrogens with one attached hydrogen (secondary N) is 2. The maximum Gasteiger partial charge on any atom is 0.337 e. The summed E-state index contributed by atoms with van der Waals surface area (Å²) in [5, 5.41) is 10.0. The Bertz CT molecular complexity index is 1130. The predicted octanol–water partition coefficient (Wildman–Crippen LogP) is 3.56. The smallest absolute Gasteiger partial charge is 0.337 e. The molecule has 1 aliphatic rings. The summed E-state index contributed by atoms with van der Waals surface area (Å²) in [7, 11) is 1.35. The molecule has 3 aromatic rings. The third-order valence-corrected chi connectivity index (χ3v) is 5.18. The van der Waals surface area contributed by atoms with Gasteiger partial charge in [0.05, 0.1) is 24.2 Å². The van der Waals surface area contributed by atoms with Crippen molar-refractivity contribution in [3.63, 3.8) is 0 Å². The minimum absolute atomic E-state index is 0.224. The number of rotatable bonds is 5. The van der Waals surface area contributed by atoms with E-state index in [1.807, 2.05) is 25.1 Å². The Morgan fingerprint density at radius 1 is 1.27 bits per heavy atom. The van der Waals surface area contributed by atoms with Gasteiger partial charge in [0.2, 0.25) is 0 Å². The molecule has 1 unspecified atom stereocenters. The fourth-order valence-electron chi connectivity index (χ4n) is 3.44. The summed E-state index contributed by atoms with van der Waals surface area (Å²) in [6.45, 7) is 2.17. The van der Waals surface area contributed by atoms with Gasteiger partial charge in [-0.1, -0.05) is 23.7 Å². The lowest BCUT2D eigenvalue weighted by Crippen LogP contribution is -2.34. The quantitative estimate of drug-likeness (QED) is 0.609. The van der Waals surface area contributed by atoms with Crippen molar-refractivity contribution in [1.82, 2.24) is 15.5 Å². The van der Waals surface area contributed by atoms with Gasteiger partial charge in [-0.05, 0) is 48.4 Å². The Hall–Kier alpha value is -3.32. The summed E-state index contributed by atoms with van der Waals surface area (Å²) in [6.07, 6.45) is 0.387. The lowest BCUT2D eigenvalue weighted by atomic mass is 9.99. The first-order chi connectivity index (χ1) is 14.4.